The maximum absolute atomic E-state index is 13.9. The fraction of sp³-hybridized carbons (Fsp3) is 0.286. The highest BCUT2D eigenvalue weighted by Gasteiger charge is 2.32. The Morgan fingerprint density at radius 2 is 1.57 bits per heavy atom. The number of rotatable bonds is 11. The molecular weight excluding hydrogens is 490 g/mol. The molecule has 2 amide bonds. The molecule has 0 aliphatic carbocycles. The summed E-state index contributed by atoms with van der Waals surface area (Å²) in [5.41, 5.74) is 3.04. The molecule has 0 heterocycles. The molecule has 0 unspecified atom stereocenters. The lowest BCUT2D eigenvalue weighted by molar-refractivity contribution is -0.139. The molecule has 8 nitrogen and oxygen atoms in total. The third-order valence-electron chi connectivity index (χ3n) is 6.16. The Kier molecular flexibility index (Phi) is 9.30. The van der Waals surface area contributed by atoms with Gasteiger partial charge < -0.3 is 15.0 Å². The van der Waals surface area contributed by atoms with Crippen molar-refractivity contribution >= 4 is 27.5 Å². The number of methoxy groups -OCH3 is 1. The molecule has 0 fully saturated rings. The van der Waals surface area contributed by atoms with Crippen molar-refractivity contribution in [2.45, 2.75) is 25.9 Å². The lowest BCUT2D eigenvalue weighted by Crippen LogP contribution is -2.53. The number of nitrogens with zero attached hydrogens (tertiary/aromatic N) is 2. The average Bonchev–Trinajstić information content (AvgIpc) is 2.89. The molecule has 0 saturated carbocycles. The standard InChI is InChI=1S/C28H33N3O5S/c1-21-10-8-9-13-23(21)19-30(26(28(33)29-2)18-22-11-6-5-7-12-22)27(32)20-31(37(4,34)35)24-14-16-25(36-3)17-15-24/h5-17,26H,18-20H2,1-4H3,(H,29,33)/t26-/m0/s1. The fourth-order valence-electron chi connectivity index (χ4n) is 4.05. The third kappa shape index (κ3) is 7.33. The van der Waals surface area contributed by atoms with Gasteiger partial charge in [0.05, 0.1) is 19.1 Å². The number of sulfonamides is 1. The van der Waals surface area contributed by atoms with E-state index >= 15 is 0 Å². The number of hydrogen-bond donors (Lipinski definition) is 1. The second kappa shape index (κ2) is 12.4. The summed E-state index contributed by atoms with van der Waals surface area (Å²) in [6.45, 7) is 1.63. The van der Waals surface area contributed by atoms with Crippen LogP contribution in [-0.4, -0.2) is 58.1 Å². The number of anilines is 1. The summed E-state index contributed by atoms with van der Waals surface area (Å²) in [5.74, 6) is -0.262. The van der Waals surface area contributed by atoms with Gasteiger partial charge in [0.15, 0.2) is 0 Å². The fourth-order valence-corrected chi connectivity index (χ4v) is 4.90. The minimum atomic E-state index is -3.81. The first kappa shape index (κ1) is 27.7. The number of benzene rings is 3. The van der Waals surface area contributed by atoms with Gasteiger partial charge in [0.25, 0.3) is 0 Å². The van der Waals surface area contributed by atoms with Gasteiger partial charge in [-0.2, -0.15) is 0 Å². The molecule has 3 rings (SSSR count). The van der Waals surface area contributed by atoms with Crippen LogP contribution in [0.1, 0.15) is 16.7 Å². The van der Waals surface area contributed by atoms with Crippen molar-refractivity contribution in [3.8, 4) is 5.75 Å². The molecule has 0 saturated heterocycles. The van der Waals surface area contributed by atoms with E-state index in [1.807, 2.05) is 61.5 Å². The Morgan fingerprint density at radius 3 is 2.14 bits per heavy atom. The number of ether oxygens (including phenoxy) is 1. The van der Waals surface area contributed by atoms with E-state index in [-0.39, 0.29) is 18.9 Å². The minimum absolute atomic E-state index is 0.149. The average molecular weight is 524 g/mol. The molecule has 9 heteroatoms. The predicted octanol–water partition coefficient (Wildman–Crippen LogP) is 3.16. The molecule has 3 aromatic carbocycles. The van der Waals surface area contributed by atoms with Crippen molar-refractivity contribution < 1.29 is 22.7 Å². The Balaban J connectivity index is 2.02. The van der Waals surface area contributed by atoms with Gasteiger partial charge in [0.2, 0.25) is 21.8 Å². The monoisotopic (exact) mass is 523 g/mol. The van der Waals surface area contributed by atoms with E-state index in [1.54, 1.807) is 24.3 Å². The SMILES string of the molecule is CNC(=O)[C@H](Cc1ccccc1)N(Cc1ccccc1C)C(=O)CN(c1ccc(OC)cc1)S(C)(=O)=O. The predicted molar refractivity (Wildman–Crippen MR) is 145 cm³/mol. The molecule has 196 valence electrons. The smallest absolute Gasteiger partial charge is 0.244 e. The molecular formula is C28H33N3O5S. The maximum atomic E-state index is 13.9. The van der Waals surface area contributed by atoms with Gasteiger partial charge in [0.1, 0.15) is 18.3 Å². The van der Waals surface area contributed by atoms with Crippen LogP contribution in [-0.2, 0) is 32.6 Å². The van der Waals surface area contributed by atoms with Crippen molar-refractivity contribution in [1.82, 2.24) is 10.2 Å². The van der Waals surface area contributed by atoms with E-state index in [0.717, 1.165) is 27.3 Å². The molecule has 3 aromatic rings. The summed E-state index contributed by atoms with van der Waals surface area (Å²) >= 11 is 0. The van der Waals surface area contributed by atoms with Crippen LogP contribution < -0.4 is 14.4 Å². The van der Waals surface area contributed by atoms with Crippen molar-refractivity contribution in [3.05, 3.63) is 95.6 Å². The van der Waals surface area contributed by atoms with Gasteiger partial charge in [-0.05, 0) is 47.9 Å². The largest absolute Gasteiger partial charge is 0.497 e. The molecule has 37 heavy (non-hydrogen) atoms. The maximum Gasteiger partial charge on any atom is 0.244 e. The summed E-state index contributed by atoms with van der Waals surface area (Å²) < 4.78 is 31.7. The molecule has 0 radical (unpaired) electrons. The Labute approximate surface area is 218 Å². The van der Waals surface area contributed by atoms with Crippen LogP contribution in [0, 0.1) is 6.92 Å². The Bertz CT molecular complexity index is 1310. The molecule has 0 aliphatic rings. The van der Waals surface area contributed by atoms with Crippen LogP contribution in [0.25, 0.3) is 0 Å². The van der Waals surface area contributed by atoms with Crippen molar-refractivity contribution in [2.75, 3.05) is 31.3 Å². The second-order valence-electron chi connectivity index (χ2n) is 8.74. The van der Waals surface area contributed by atoms with E-state index in [9.17, 15) is 18.0 Å². The number of aryl methyl sites for hydroxylation is 1. The number of nitrogens with one attached hydrogen (secondary N) is 1. The summed E-state index contributed by atoms with van der Waals surface area (Å²) in [4.78, 5) is 28.5. The van der Waals surface area contributed by atoms with Crippen molar-refractivity contribution in [1.29, 1.82) is 0 Å². The zero-order chi connectivity index (χ0) is 27.0. The van der Waals surface area contributed by atoms with Crippen LogP contribution in [0.2, 0.25) is 0 Å². The van der Waals surface area contributed by atoms with E-state index in [4.69, 9.17) is 4.74 Å². The highest BCUT2D eigenvalue weighted by molar-refractivity contribution is 7.92. The molecule has 0 spiro atoms. The first-order chi connectivity index (χ1) is 17.6. The lowest BCUT2D eigenvalue weighted by Gasteiger charge is -2.33. The quantitative estimate of drug-likeness (QED) is 0.417. The van der Waals surface area contributed by atoms with Crippen molar-refractivity contribution in [3.63, 3.8) is 0 Å². The van der Waals surface area contributed by atoms with Gasteiger partial charge in [0, 0.05) is 20.0 Å². The van der Waals surface area contributed by atoms with E-state index in [2.05, 4.69) is 5.32 Å². The Hall–Kier alpha value is -3.85. The molecule has 0 bridgehead atoms. The first-order valence-corrected chi connectivity index (χ1v) is 13.7. The third-order valence-corrected chi connectivity index (χ3v) is 7.30. The second-order valence-corrected chi connectivity index (χ2v) is 10.6. The van der Waals surface area contributed by atoms with Crippen LogP contribution >= 0.6 is 0 Å². The highest BCUT2D eigenvalue weighted by Crippen LogP contribution is 2.23. The van der Waals surface area contributed by atoms with Gasteiger partial charge in [-0.25, -0.2) is 8.42 Å². The van der Waals surface area contributed by atoms with E-state index in [1.165, 1.54) is 19.1 Å². The summed E-state index contributed by atoms with van der Waals surface area (Å²) in [7, 11) is -0.773. The van der Waals surface area contributed by atoms with Gasteiger partial charge >= 0.3 is 0 Å². The zero-order valence-corrected chi connectivity index (χ0v) is 22.4. The number of likely N-dealkylation sites (N-methyl/N-ethyl adjacent to an activating group) is 1. The van der Waals surface area contributed by atoms with Crippen LogP contribution in [0.4, 0.5) is 5.69 Å². The molecule has 1 atom stereocenters. The topological polar surface area (TPSA) is 96.0 Å². The highest BCUT2D eigenvalue weighted by atomic mass is 32.2. The summed E-state index contributed by atoms with van der Waals surface area (Å²) in [6, 6.07) is 22.6. The van der Waals surface area contributed by atoms with Crippen LogP contribution in [0.3, 0.4) is 0 Å². The zero-order valence-electron chi connectivity index (χ0n) is 21.5. The first-order valence-electron chi connectivity index (χ1n) is 11.8. The van der Waals surface area contributed by atoms with Crippen LogP contribution in [0.15, 0.2) is 78.9 Å². The van der Waals surface area contributed by atoms with Gasteiger partial charge in [-0.15, -0.1) is 0 Å². The van der Waals surface area contributed by atoms with Gasteiger partial charge in [-0.1, -0.05) is 54.6 Å². The molecule has 0 aromatic heterocycles. The molecule has 1 N–H and O–H groups in total. The lowest BCUT2D eigenvalue weighted by atomic mass is 10.0. The van der Waals surface area contributed by atoms with Gasteiger partial charge in [-0.3, -0.25) is 13.9 Å². The van der Waals surface area contributed by atoms with E-state index < -0.39 is 28.5 Å². The molecule has 0 aliphatic heterocycles. The number of carbonyl (C=O) groups is 2. The summed E-state index contributed by atoms with van der Waals surface area (Å²) in [5, 5.41) is 2.67. The summed E-state index contributed by atoms with van der Waals surface area (Å²) in [6.07, 6.45) is 1.33. The number of carbonyl (C=O) groups excluding carboxylic acids is 2. The van der Waals surface area contributed by atoms with Crippen molar-refractivity contribution in [2.24, 2.45) is 0 Å². The van der Waals surface area contributed by atoms with E-state index in [0.29, 0.717) is 11.4 Å². The number of hydrogen-bond acceptors (Lipinski definition) is 5. The Morgan fingerprint density at radius 1 is 0.946 bits per heavy atom. The minimum Gasteiger partial charge on any atom is -0.497 e. The normalized spacial score (nSPS) is 11.9. The number of amides is 2. The van der Waals surface area contributed by atoms with Crippen LogP contribution in [0.5, 0.6) is 5.75 Å².